The zero-order chi connectivity index (χ0) is 22.9. The van der Waals surface area contributed by atoms with Crippen molar-refractivity contribution >= 4 is 46.3 Å². The van der Waals surface area contributed by atoms with Gasteiger partial charge in [0.2, 0.25) is 5.95 Å². The molecule has 2 heterocycles. The van der Waals surface area contributed by atoms with E-state index in [-0.39, 0.29) is 12.1 Å². The maximum atomic E-state index is 12.6. The second kappa shape index (κ2) is 9.20. The van der Waals surface area contributed by atoms with Gasteiger partial charge in [-0.3, -0.25) is 0 Å². The number of amides is 1. The third-order valence-electron chi connectivity index (χ3n) is 5.39. The van der Waals surface area contributed by atoms with Gasteiger partial charge in [0.05, 0.1) is 27.6 Å². The summed E-state index contributed by atoms with van der Waals surface area (Å²) in [7, 11) is 0. The first kappa shape index (κ1) is 22.7. The summed E-state index contributed by atoms with van der Waals surface area (Å²) in [4.78, 5) is 19.2. The number of nitrogens with one attached hydrogen (secondary N) is 1. The molecular weight excluding hydrogens is 447 g/mol. The van der Waals surface area contributed by atoms with Crippen molar-refractivity contribution in [2.45, 2.75) is 51.8 Å². The summed E-state index contributed by atoms with van der Waals surface area (Å²) < 4.78 is 7.70. The van der Waals surface area contributed by atoms with Crippen LogP contribution in [0.1, 0.15) is 39.2 Å². The number of halogens is 2. The van der Waals surface area contributed by atoms with Gasteiger partial charge in [0.15, 0.2) is 0 Å². The first-order valence-electron chi connectivity index (χ1n) is 10.8. The molecule has 4 rings (SSSR count). The molecule has 0 radical (unpaired) electrons. The number of imidazole rings is 1. The van der Waals surface area contributed by atoms with Crippen LogP contribution in [0.3, 0.4) is 0 Å². The summed E-state index contributed by atoms with van der Waals surface area (Å²) >= 11 is 12.3. The first-order valence-corrected chi connectivity index (χ1v) is 11.6. The molecule has 1 aliphatic rings. The lowest BCUT2D eigenvalue weighted by atomic mass is 10.1. The van der Waals surface area contributed by atoms with E-state index in [4.69, 9.17) is 32.9 Å². The average molecular weight is 475 g/mol. The topological polar surface area (TPSA) is 59.4 Å². The second-order valence-electron chi connectivity index (χ2n) is 9.17. The average Bonchev–Trinajstić information content (AvgIpc) is 3.07. The fourth-order valence-electron chi connectivity index (χ4n) is 3.94. The Kier molecular flexibility index (Phi) is 6.54. The normalized spacial score (nSPS) is 16.9. The number of benzene rings is 2. The fourth-order valence-corrected chi connectivity index (χ4v) is 4.26. The van der Waals surface area contributed by atoms with E-state index in [0.29, 0.717) is 29.7 Å². The molecule has 1 aliphatic heterocycles. The molecule has 8 heteroatoms. The Balaban J connectivity index is 1.56. The van der Waals surface area contributed by atoms with Gasteiger partial charge in [-0.1, -0.05) is 41.4 Å². The molecule has 0 saturated carbocycles. The highest BCUT2D eigenvalue weighted by Crippen LogP contribution is 2.27. The standard InChI is InChI=1S/C24H28Cl2N4O2/c1-24(2,3)32-23(31)29-12-6-7-17(15-29)27-22-28-20-8-4-5-9-21(20)30(22)14-16-10-11-18(25)19(26)13-16/h4-5,8-11,13,17H,6-7,12,14-15H2,1-3H3,(H,27,28)/t17-/m1/s1. The van der Waals surface area contributed by atoms with Crippen molar-refractivity contribution in [1.29, 1.82) is 0 Å². The Labute approximate surface area is 198 Å². The number of carbonyl (C=O) groups is 1. The number of carbonyl (C=O) groups excluding carboxylic acids is 1. The maximum absolute atomic E-state index is 12.6. The van der Waals surface area contributed by atoms with Crippen LogP contribution in [0.15, 0.2) is 42.5 Å². The molecule has 0 bridgehead atoms. The summed E-state index contributed by atoms with van der Waals surface area (Å²) in [5.41, 5.74) is 2.46. The molecular formula is C24H28Cl2N4O2. The predicted octanol–water partition coefficient (Wildman–Crippen LogP) is 6.20. The van der Waals surface area contributed by atoms with Crippen molar-refractivity contribution < 1.29 is 9.53 Å². The Hall–Kier alpha value is -2.44. The molecule has 1 amide bonds. The molecule has 3 aromatic rings. The number of hydrogen-bond donors (Lipinski definition) is 1. The van der Waals surface area contributed by atoms with E-state index >= 15 is 0 Å². The minimum absolute atomic E-state index is 0.0839. The highest BCUT2D eigenvalue weighted by Gasteiger charge is 2.28. The number of aromatic nitrogens is 2. The van der Waals surface area contributed by atoms with Crippen molar-refractivity contribution in [1.82, 2.24) is 14.5 Å². The second-order valence-corrected chi connectivity index (χ2v) is 9.98. The molecule has 0 unspecified atom stereocenters. The Morgan fingerprint density at radius 1 is 1.19 bits per heavy atom. The summed E-state index contributed by atoms with van der Waals surface area (Å²) in [6.45, 7) is 7.53. The third kappa shape index (κ3) is 5.30. The Morgan fingerprint density at radius 2 is 1.97 bits per heavy atom. The SMILES string of the molecule is CC(C)(C)OC(=O)N1CCC[C@@H](Nc2nc3ccccc3n2Cc2ccc(Cl)c(Cl)c2)C1. The smallest absolute Gasteiger partial charge is 0.410 e. The van der Waals surface area contributed by atoms with Crippen molar-refractivity contribution in [3.8, 4) is 0 Å². The Bertz CT molecular complexity index is 1120. The van der Waals surface area contributed by atoms with Gasteiger partial charge in [-0.05, 0) is 63.4 Å². The molecule has 32 heavy (non-hydrogen) atoms. The molecule has 1 N–H and O–H groups in total. The Morgan fingerprint density at radius 3 is 2.72 bits per heavy atom. The van der Waals surface area contributed by atoms with Crippen LogP contribution >= 0.6 is 23.2 Å². The van der Waals surface area contributed by atoms with Crippen LogP contribution in [0.4, 0.5) is 10.7 Å². The van der Waals surface area contributed by atoms with Crippen LogP contribution in [0, 0.1) is 0 Å². The summed E-state index contributed by atoms with van der Waals surface area (Å²) in [6.07, 6.45) is 1.59. The highest BCUT2D eigenvalue weighted by atomic mass is 35.5. The van der Waals surface area contributed by atoms with Gasteiger partial charge in [-0.25, -0.2) is 9.78 Å². The molecule has 1 fully saturated rings. The van der Waals surface area contributed by atoms with Crippen LogP contribution in [-0.4, -0.2) is 45.3 Å². The van der Waals surface area contributed by atoms with Crippen molar-refractivity contribution in [3.63, 3.8) is 0 Å². The molecule has 170 valence electrons. The first-order chi connectivity index (χ1) is 15.2. The molecule has 1 atom stereocenters. The lowest BCUT2D eigenvalue weighted by molar-refractivity contribution is 0.0206. The molecule has 1 saturated heterocycles. The van der Waals surface area contributed by atoms with E-state index in [1.54, 1.807) is 4.90 Å². The van der Waals surface area contributed by atoms with E-state index in [2.05, 4.69) is 16.0 Å². The number of anilines is 1. The summed E-state index contributed by atoms with van der Waals surface area (Å²) in [5.74, 6) is 0.772. The zero-order valence-corrected chi connectivity index (χ0v) is 20.1. The molecule has 2 aromatic carbocycles. The molecule has 6 nitrogen and oxygen atoms in total. The van der Waals surface area contributed by atoms with Crippen molar-refractivity contribution in [3.05, 3.63) is 58.1 Å². The van der Waals surface area contributed by atoms with Gasteiger partial charge < -0.3 is 19.5 Å². The van der Waals surface area contributed by atoms with E-state index in [0.717, 1.165) is 35.4 Å². The number of para-hydroxylation sites is 2. The van der Waals surface area contributed by atoms with E-state index in [1.165, 1.54) is 0 Å². The molecule has 1 aromatic heterocycles. The predicted molar refractivity (Wildman–Crippen MR) is 130 cm³/mol. The van der Waals surface area contributed by atoms with Crippen LogP contribution in [-0.2, 0) is 11.3 Å². The quantitative estimate of drug-likeness (QED) is 0.488. The van der Waals surface area contributed by atoms with Crippen LogP contribution in [0.25, 0.3) is 11.0 Å². The van der Waals surface area contributed by atoms with Gasteiger partial charge in [-0.15, -0.1) is 0 Å². The lowest BCUT2D eigenvalue weighted by Crippen LogP contribution is -2.47. The highest BCUT2D eigenvalue weighted by molar-refractivity contribution is 6.42. The number of nitrogens with zero attached hydrogens (tertiary/aromatic N) is 3. The fraction of sp³-hybridized carbons (Fsp3) is 0.417. The summed E-state index contributed by atoms with van der Waals surface area (Å²) in [6, 6.07) is 13.8. The van der Waals surface area contributed by atoms with Crippen molar-refractivity contribution in [2.24, 2.45) is 0 Å². The van der Waals surface area contributed by atoms with E-state index in [9.17, 15) is 4.79 Å². The van der Waals surface area contributed by atoms with Gasteiger partial charge in [-0.2, -0.15) is 0 Å². The van der Waals surface area contributed by atoms with Gasteiger partial charge in [0, 0.05) is 19.1 Å². The van der Waals surface area contributed by atoms with Gasteiger partial charge in [0.1, 0.15) is 5.60 Å². The van der Waals surface area contributed by atoms with Gasteiger partial charge >= 0.3 is 6.09 Å². The van der Waals surface area contributed by atoms with E-state index in [1.807, 2.05) is 57.2 Å². The van der Waals surface area contributed by atoms with Crippen LogP contribution in [0.5, 0.6) is 0 Å². The number of piperidine rings is 1. The molecule has 0 spiro atoms. The minimum Gasteiger partial charge on any atom is -0.444 e. The monoisotopic (exact) mass is 474 g/mol. The zero-order valence-electron chi connectivity index (χ0n) is 18.6. The van der Waals surface area contributed by atoms with Crippen LogP contribution in [0.2, 0.25) is 10.0 Å². The molecule has 0 aliphatic carbocycles. The maximum Gasteiger partial charge on any atom is 0.410 e. The minimum atomic E-state index is -0.509. The number of rotatable bonds is 4. The number of hydrogen-bond acceptors (Lipinski definition) is 4. The van der Waals surface area contributed by atoms with E-state index < -0.39 is 5.60 Å². The van der Waals surface area contributed by atoms with Gasteiger partial charge in [0.25, 0.3) is 0 Å². The van der Waals surface area contributed by atoms with Crippen LogP contribution < -0.4 is 5.32 Å². The number of ether oxygens (including phenoxy) is 1. The largest absolute Gasteiger partial charge is 0.444 e. The lowest BCUT2D eigenvalue weighted by Gasteiger charge is -2.34. The number of fused-ring (bicyclic) bond motifs is 1. The summed E-state index contributed by atoms with van der Waals surface area (Å²) in [5, 5.41) is 4.64. The third-order valence-corrected chi connectivity index (χ3v) is 6.12. The van der Waals surface area contributed by atoms with Crippen molar-refractivity contribution in [2.75, 3.05) is 18.4 Å². The number of likely N-dealkylation sites (tertiary alicyclic amines) is 1.